The van der Waals surface area contributed by atoms with Gasteiger partial charge in [0.05, 0.1) is 17.7 Å². The largest absolute Gasteiger partial charge is 0.493 e. The molecule has 1 saturated carbocycles. The highest BCUT2D eigenvalue weighted by Crippen LogP contribution is 2.37. The van der Waals surface area contributed by atoms with E-state index >= 15 is 0 Å². The summed E-state index contributed by atoms with van der Waals surface area (Å²) in [5.74, 6) is 1.07. The number of hydrogen-bond acceptors (Lipinski definition) is 5. The maximum absolute atomic E-state index is 12.8. The van der Waals surface area contributed by atoms with Crippen LogP contribution in [0.25, 0.3) is 16.9 Å². The number of ether oxygens (including phenoxy) is 2. The van der Waals surface area contributed by atoms with Gasteiger partial charge in [-0.3, -0.25) is 4.40 Å². The van der Waals surface area contributed by atoms with Crippen molar-refractivity contribution < 1.29 is 14.3 Å². The Morgan fingerprint density at radius 2 is 1.83 bits per heavy atom. The molecular formula is C28H27Cl2N3O3. The lowest BCUT2D eigenvalue weighted by atomic mass is 9.95. The van der Waals surface area contributed by atoms with Gasteiger partial charge in [0.25, 0.3) is 0 Å². The van der Waals surface area contributed by atoms with Crippen LogP contribution in [0.2, 0.25) is 10.0 Å². The molecule has 36 heavy (non-hydrogen) atoms. The number of methoxy groups -OCH3 is 1. The third-order valence-electron chi connectivity index (χ3n) is 6.52. The van der Waals surface area contributed by atoms with E-state index in [-0.39, 0.29) is 10.6 Å². The summed E-state index contributed by atoms with van der Waals surface area (Å²) in [6.07, 6.45) is 8.09. The Morgan fingerprint density at radius 3 is 2.58 bits per heavy atom. The standard InChI is InChI=1S/C28H27Cl2N3O3/c1-17-12-13-33-25(14-17)32-26(27(33)31-20-6-4-3-5-7-20)18-8-11-23(24(15-18)35-2)36-28(34)21-10-9-19(29)16-22(21)30/h8-16,20,31H,3-7H2,1-2H3. The highest BCUT2D eigenvalue weighted by atomic mass is 35.5. The van der Waals surface area contributed by atoms with Gasteiger partial charge in [0.1, 0.15) is 17.2 Å². The summed E-state index contributed by atoms with van der Waals surface area (Å²) in [6, 6.07) is 14.6. The first kappa shape index (κ1) is 24.5. The second-order valence-electron chi connectivity index (χ2n) is 9.10. The monoisotopic (exact) mass is 523 g/mol. The molecule has 0 radical (unpaired) electrons. The Kier molecular flexibility index (Phi) is 7.08. The molecule has 0 amide bonds. The third kappa shape index (κ3) is 5.01. The average molecular weight is 524 g/mol. The van der Waals surface area contributed by atoms with Gasteiger partial charge in [-0.2, -0.15) is 0 Å². The average Bonchev–Trinajstić information content (AvgIpc) is 3.21. The fourth-order valence-corrected chi connectivity index (χ4v) is 5.12. The molecule has 2 aromatic heterocycles. The molecule has 5 rings (SSSR count). The number of nitrogens with zero attached hydrogens (tertiary/aromatic N) is 2. The number of benzene rings is 2. The highest BCUT2D eigenvalue weighted by Gasteiger charge is 2.22. The zero-order valence-corrected chi connectivity index (χ0v) is 21.7. The Bertz CT molecular complexity index is 1430. The molecule has 4 aromatic rings. The number of nitrogens with one attached hydrogen (secondary N) is 1. The van der Waals surface area contributed by atoms with Gasteiger partial charge in [-0.25, -0.2) is 9.78 Å². The second kappa shape index (κ2) is 10.4. The van der Waals surface area contributed by atoms with Gasteiger partial charge < -0.3 is 14.8 Å². The van der Waals surface area contributed by atoms with Crippen LogP contribution in [-0.4, -0.2) is 28.5 Å². The number of anilines is 1. The third-order valence-corrected chi connectivity index (χ3v) is 7.07. The number of fused-ring (bicyclic) bond motifs is 1. The quantitative estimate of drug-likeness (QED) is 0.208. The summed E-state index contributed by atoms with van der Waals surface area (Å²) >= 11 is 12.1. The van der Waals surface area contributed by atoms with Crippen molar-refractivity contribution in [1.82, 2.24) is 9.38 Å². The minimum atomic E-state index is -0.592. The van der Waals surface area contributed by atoms with E-state index in [2.05, 4.69) is 35.0 Å². The number of carbonyl (C=O) groups is 1. The molecule has 0 atom stereocenters. The van der Waals surface area contributed by atoms with Crippen molar-refractivity contribution in [3.05, 3.63) is 75.9 Å². The van der Waals surface area contributed by atoms with Crippen molar-refractivity contribution in [2.75, 3.05) is 12.4 Å². The van der Waals surface area contributed by atoms with Crippen LogP contribution < -0.4 is 14.8 Å². The topological polar surface area (TPSA) is 64.9 Å². The Morgan fingerprint density at radius 1 is 1.03 bits per heavy atom. The SMILES string of the molecule is COc1cc(-c2nc3cc(C)ccn3c2NC2CCCCC2)ccc1OC(=O)c1ccc(Cl)cc1Cl. The van der Waals surface area contributed by atoms with E-state index in [0.717, 1.165) is 41.1 Å². The molecule has 0 aliphatic heterocycles. The number of aryl methyl sites for hydroxylation is 1. The van der Waals surface area contributed by atoms with E-state index in [4.69, 9.17) is 37.7 Å². The normalized spacial score (nSPS) is 14.1. The van der Waals surface area contributed by atoms with E-state index in [1.54, 1.807) is 19.2 Å². The molecule has 6 nitrogen and oxygen atoms in total. The number of imidazole rings is 1. The smallest absolute Gasteiger partial charge is 0.345 e. The number of carbonyl (C=O) groups excluding carboxylic acids is 1. The van der Waals surface area contributed by atoms with E-state index < -0.39 is 5.97 Å². The summed E-state index contributed by atoms with van der Waals surface area (Å²) in [6.45, 7) is 2.06. The lowest BCUT2D eigenvalue weighted by Gasteiger charge is -2.24. The van der Waals surface area contributed by atoms with Crippen molar-refractivity contribution in [3.63, 3.8) is 0 Å². The van der Waals surface area contributed by atoms with Crippen LogP contribution in [0.1, 0.15) is 48.0 Å². The predicted octanol–water partition coefficient (Wildman–Crippen LogP) is 7.59. The summed E-state index contributed by atoms with van der Waals surface area (Å²) in [7, 11) is 1.54. The molecule has 0 bridgehead atoms. The van der Waals surface area contributed by atoms with Crippen LogP contribution in [0.15, 0.2) is 54.7 Å². The molecule has 1 fully saturated rings. The van der Waals surface area contributed by atoms with Crippen molar-refractivity contribution in [2.45, 2.75) is 45.1 Å². The Hall–Kier alpha value is -3.22. The molecule has 1 aliphatic rings. The van der Waals surface area contributed by atoms with Crippen LogP contribution in [0.4, 0.5) is 5.82 Å². The summed E-state index contributed by atoms with van der Waals surface area (Å²) in [5, 5.41) is 4.42. The molecule has 186 valence electrons. The van der Waals surface area contributed by atoms with Gasteiger partial charge in [-0.15, -0.1) is 0 Å². The van der Waals surface area contributed by atoms with Crippen molar-refractivity contribution >= 4 is 40.6 Å². The number of halogens is 2. The summed E-state index contributed by atoms with van der Waals surface area (Å²) < 4.78 is 13.3. The van der Waals surface area contributed by atoms with Crippen LogP contribution >= 0.6 is 23.2 Å². The van der Waals surface area contributed by atoms with Crippen molar-refractivity contribution in [2.24, 2.45) is 0 Å². The highest BCUT2D eigenvalue weighted by molar-refractivity contribution is 6.36. The molecule has 0 unspecified atom stereocenters. The molecule has 2 heterocycles. The van der Waals surface area contributed by atoms with Gasteiger partial charge in [0.15, 0.2) is 11.5 Å². The predicted molar refractivity (Wildman–Crippen MR) is 144 cm³/mol. The lowest BCUT2D eigenvalue weighted by Crippen LogP contribution is -2.23. The van der Waals surface area contributed by atoms with Gasteiger partial charge in [-0.1, -0.05) is 42.5 Å². The maximum Gasteiger partial charge on any atom is 0.345 e. The first-order valence-electron chi connectivity index (χ1n) is 12.0. The molecule has 1 aliphatic carbocycles. The van der Waals surface area contributed by atoms with E-state index in [0.29, 0.717) is 22.6 Å². The fraction of sp³-hybridized carbons (Fsp3) is 0.286. The number of esters is 1. The van der Waals surface area contributed by atoms with Gasteiger partial charge in [0.2, 0.25) is 0 Å². The van der Waals surface area contributed by atoms with Gasteiger partial charge in [-0.05, 0) is 73.9 Å². The minimum absolute atomic E-state index is 0.224. The van der Waals surface area contributed by atoms with E-state index in [1.807, 2.05) is 12.1 Å². The number of aromatic nitrogens is 2. The maximum atomic E-state index is 12.8. The molecule has 8 heteroatoms. The second-order valence-corrected chi connectivity index (χ2v) is 9.94. The Labute approximate surface area is 220 Å². The van der Waals surface area contributed by atoms with Crippen LogP contribution in [0, 0.1) is 6.92 Å². The molecule has 0 saturated heterocycles. The molecule has 2 aromatic carbocycles. The molecular weight excluding hydrogens is 497 g/mol. The first-order chi connectivity index (χ1) is 17.4. The Balaban J connectivity index is 1.50. The summed E-state index contributed by atoms with van der Waals surface area (Å²) in [4.78, 5) is 17.7. The van der Waals surface area contributed by atoms with Crippen molar-refractivity contribution in [3.8, 4) is 22.8 Å². The lowest BCUT2D eigenvalue weighted by molar-refractivity contribution is 0.0730. The number of hydrogen-bond donors (Lipinski definition) is 1. The van der Waals surface area contributed by atoms with Gasteiger partial charge in [0, 0.05) is 22.8 Å². The van der Waals surface area contributed by atoms with Crippen LogP contribution in [-0.2, 0) is 0 Å². The van der Waals surface area contributed by atoms with Crippen LogP contribution in [0.3, 0.4) is 0 Å². The van der Waals surface area contributed by atoms with Gasteiger partial charge >= 0.3 is 5.97 Å². The fourth-order valence-electron chi connectivity index (χ4n) is 4.64. The summed E-state index contributed by atoms with van der Waals surface area (Å²) in [5.41, 5.74) is 3.92. The minimum Gasteiger partial charge on any atom is -0.493 e. The number of rotatable bonds is 6. The molecule has 0 spiro atoms. The van der Waals surface area contributed by atoms with E-state index in [1.165, 1.54) is 31.4 Å². The molecule has 1 N–H and O–H groups in total. The van der Waals surface area contributed by atoms with Crippen LogP contribution in [0.5, 0.6) is 11.5 Å². The van der Waals surface area contributed by atoms with E-state index in [9.17, 15) is 4.79 Å². The first-order valence-corrected chi connectivity index (χ1v) is 12.8. The number of pyridine rings is 1. The zero-order chi connectivity index (χ0) is 25.2. The zero-order valence-electron chi connectivity index (χ0n) is 20.2. The van der Waals surface area contributed by atoms with Crippen molar-refractivity contribution in [1.29, 1.82) is 0 Å².